The van der Waals surface area contributed by atoms with E-state index in [0.29, 0.717) is 38.5 Å². The summed E-state index contributed by atoms with van der Waals surface area (Å²) in [5.74, 6) is -1.85. The normalized spacial score (nSPS) is 55.5. The number of ether oxygens (including phenoxy) is 10. The first-order chi connectivity index (χ1) is 41.2. The van der Waals surface area contributed by atoms with Crippen LogP contribution in [0.2, 0.25) is 0 Å². The minimum absolute atomic E-state index is 0.0385. The Kier molecular flexibility index (Phi) is 19.9. The van der Waals surface area contributed by atoms with E-state index in [1.165, 1.54) is 12.5 Å². The molecule has 88 heavy (non-hydrogen) atoms. The molecule has 0 aromatic rings. The predicted octanol–water partition coefficient (Wildman–Crippen LogP) is -3.65. The van der Waals surface area contributed by atoms with Crippen molar-refractivity contribution in [3.8, 4) is 0 Å². The van der Waals surface area contributed by atoms with Crippen LogP contribution in [0.5, 0.6) is 0 Å². The molecular formula is C60H98O28. The van der Waals surface area contributed by atoms with E-state index < -0.39 is 214 Å². The van der Waals surface area contributed by atoms with Crippen molar-refractivity contribution in [2.24, 2.45) is 50.2 Å². The van der Waals surface area contributed by atoms with Crippen LogP contribution in [-0.4, -0.2) is 285 Å². The standard InChI is InChI=1S/C60H98O28/c1-23-33(65)37(69)43(75)50(79-23)86-47-40(72)36(68)28(21-63)82-53(47)88-48-42(74)41(73)45(49(77)78)85-54(48)83-31-12-13-57(5)29(58(31,6)22-64)11-14-60(8)30(57)10-9-24-25-17-55(2,3)18-32(56(25,4)15-16-59(24,60)7)84-52-46(39(71)35(67)27(20-62)81-52)87-51-44(76)38(70)34(66)26(19-61)80-51/h9,23,25-48,50-54,61-76H,10-22H2,1-8H3,(H,77,78). The van der Waals surface area contributed by atoms with Gasteiger partial charge in [0.15, 0.2) is 37.6 Å². The van der Waals surface area contributed by atoms with Crippen LogP contribution in [0.25, 0.3) is 0 Å². The highest BCUT2D eigenvalue weighted by molar-refractivity contribution is 5.73. The lowest BCUT2D eigenvalue weighted by atomic mass is 9.33. The minimum atomic E-state index is -2.14. The molecule has 5 aliphatic heterocycles. The Bertz CT molecular complexity index is 2460. The number of hydrogen-bond acceptors (Lipinski definition) is 27. The molecule has 0 spiro atoms. The third kappa shape index (κ3) is 11.4. The SMILES string of the molecule is CC1OC(OC2C(OC3C(OC4CCC5(C)C(CCC6(C)C5CC=C5C7CC(C)(C)CC(OC8OC(CO)C(O)C(O)C8OC8OC(CO)C(O)C(O)C8O)C7(C)CCC56C)C4(C)CO)OC(C(=O)O)C(O)C3O)OC(CO)C(O)C2O)C(O)C(O)C1O. The molecule has 28 heteroatoms. The highest BCUT2D eigenvalue weighted by Crippen LogP contribution is 2.76. The molecule has 4 saturated carbocycles. The average molecular weight is 1270 g/mol. The summed E-state index contributed by atoms with van der Waals surface area (Å²) in [6.45, 7) is 14.1. The smallest absolute Gasteiger partial charge is 0.335 e. The monoisotopic (exact) mass is 1270 g/mol. The first-order valence-corrected chi connectivity index (χ1v) is 31.3. The molecule has 35 atom stereocenters. The fourth-order valence-corrected chi connectivity index (χ4v) is 18.1. The van der Waals surface area contributed by atoms with Gasteiger partial charge >= 0.3 is 5.97 Å². The predicted molar refractivity (Wildman–Crippen MR) is 296 cm³/mol. The summed E-state index contributed by atoms with van der Waals surface area (Å²) in [7, 11) is 0. The Hall–Kier alpha value is -1.83. The lowest BCUT2D eigenvalue weighted by Gasteiger charge is -2.72. The second-order valence-electron chi connectivity index (χ2n) is 29.2. The molecule has 17 N–H and O–H groups in total. The zero-order valence-electron chi connectivity index (χ0n) is 51.2. The molecular weight excluding hydrogens is 1170 g/mol. The molecule has 9 fully saturated rings. The van der Waals surface area contributed by atoms with Crippen molar-refractivity contribution in [2.75, 3.05) is 26.4 Å². The molecule has 0 amide bonds. The van der Waals surface area contributed by atoms with Crippen LogP contribution in [0.15, 0.2) is 11.6 Å². The van der Waals surface area contributed by atoms with Gasteiger partial charge in [0.05, 0.1) is 44.7 Å². The Balaban J connectivity index is 0.905. The van der Waals surface area contributed by atoms with Gasteiger partial charge in [-0.2, -0.15) is 0 Å². The van der Waals surface area contributed by atoms with Crippen LogP contribution in [0.4, 0.5) is 0 Å². The van der Waals surface area contributed by atoms with Crippen molar-refractivity contribution >= 4 is 5.97 Å². The Morgan fingerprint density at radius 2 is 0.966 bits per heavy atom. The van der Waals surface area contributed by atoms with Crippen LogP contribution in [0, 0.1) is 50.2 Å². The summed E-state index contributed by atoms with van der Waals surface area (Å²) in [5, 5.41) is 184. The Labute approximate surface area is 510 Å². The van der Waals surface area contributed by atoms with E-state index >= 15 is 0 Å². The molecule has 10 aliphatic rings. The topological polar surface area (TPSA) is 453 Å². The summed E-state index contributed by atoms with van der Waals surface area (Å²) in [6, 6.07) is 0. The van der Waals surface area contributed by atoms with Crippen molar-refractivity contribution < 1.29 is 139 Å². The van der Waals surface area contributed by atoms with E-state index in [4.69, 9.17) is 47.4 Å². The molecule has 0 bridgehead atoms. The second-order valence-corrected chi connectivity index (χ2v) is 29.2. The van der Waals surface area contributed by atoms with Gasteiger partial charge in [-0.1, -0.05) is 60.1 Å². The van der Waals surface area contributed by atoms with Gasteiger partial charge in [-0.25, -0.2) is 4.79 Å². The molecule has 0 aromatic heterocycles. The highest BCUT2D eigenvalue weighted by atomic mass is 16.8. The molecule has 506 valence electrons. The fraction of sp³-hybridized carbons (Fsp3) is 0.950. The zero-order chi connectivity index (χ0) is 64.4. The maximum atomic E-state index is 12.7. The van der Waals surface area contributed by atoms with E-state index in [2.05, 4.69) is 47.6 Å². The van der Waals surface area contributed by atoms with Crippen LogP contribution in [0.1, 0.15) is 113 Å². The molecule has 0 aromatic carbocycles. The quantitative estimate of drug-likeness (QED) is 0.0555. The number of hydrogen-bond donors (Lipinski definition) is 17. The van der Waals surface area contributed by atoms with Crippen molar-refractivity contribution in [1.82, 2.24) is 0 Å². The fourth-order valence-electron chi connectivity index (χ4n) is 18.1. The van der Waals surface area contributed by atoms with Crippen molar-refractivity contribution in [3.05, 3.63) is 11.6 Å². The number of carbonyl (C=O) groups is 1. The van der Waals surface area contributed by atoms with Gasteiger partial charge in [-0.3, -0.25) is 0 Å². The first-order valence-electron chi connectivity index (χ1n) is 31.3. The van der Waals surface area contributed by atoms with Gasteiger partial charge in [0.1, 0.15) is 110 Å². The molecule has 5 aliphatic carbocycles. The van der Waals surface area contributed by atoms with E-state index in [0.717, 1.165) is 19.3 Å². The van der Waals surface area contributed by atoms with Crippen LogP contribution in [0.3, 0.4) is 0 Å². The lowest BCUT2D eigenvalue weighted by molar-refractivity contribution is -0.396. The van der Waals surface area contributed by atoms with Crippen LogP contribution < -0.4 is 0 Å². The lowest BCUT2D eigenvalue weighted by Crippen LogP contribution is -2.68. The minimum Gasteiger partial charge on any atom is -0.479 e. The number of aliphatic carboxylic acids is 1. The van der Waals surface area contributed by atoms with Gasteiger partial charge in [-0.05, 0) is 104 Å². The number of rotatable bonds is 15. The van der Waals surface area contributed by atoms with Gasteiger partial charge in [0, 0.05) is 10.8 Å². The summed E-state index contributed by atoms with van der Waals surface area (Å²) >= 11 is 0. The van der Waals surface area contributed by atoms with Gasteiger partial charge in [0.2, 0.25) is 0 Å². The summed E-state index contributed by atoms with van der Waals surface area (Å²) in [6.07, 6.45) is -36.7. The van der Waals surface area contributed by atoms with Crippen molar-refractivity contribution in [3.63, 3.8) is 0 Å². The van der Waals surface area contributed by atoms with Gasteiger partial charge in [0.25, 0.3) is 0 Å². The van der Waals surface area contributed by atoms with E-state index in [-0.39, 0.29) is 34.0 Å². The number of aliphatic hydroxyl groups excluding tert-OH is 16. The molecule has 10 rings (SSSR count). The maximum Gasteiger partial charge on any atom is 0.335 e. The van der Waals surface area contributed by atoms with Crippen LogP contribution in [-0.2, 0) is 52.2 Å². The number of carboxylic acids is 1. The third-order valence-corrected chi connectivity index (χ3v) is 23.7. The average Bonchev–Trinajstić information content (AvgIpc) is 0.678. The largest absolute Gasteiger partial charge is 0.479 e. The first kappa shape index (κ1) is 69.0. The Morgan fingerprint density at radius 3 is 1.51 bits per heavy atom. The van der Waals surface area contributed by atoms with E-state index in [9.17, 15) is 91.6 Å². The van der Waals surface area contributed by atoms with Crippen LogP contribution >= 0.6 is 0 Å². The third-order valence-electron chi connectivity index (χ3n) is 23.7. The summed E-state index contributed by atoms with van der Waals surface area (Å²) in [5.41, 5.74) is -1.75. The number of fused-ring (bicyclic) bond motifs is 7. The molecule has 0 radical (unpaired) electrons. The molecule has 28 nitrogen and oxygen atoms in total. The van der Waals surface area contributed by atoms with Gasteiger partial charge in [-0.15, -0.1) is 0 Å². The van der Waals surface area contributed by atoms with Gasteiger partial charge < -0.3 is 134 Å². The molecule has 35 unspecified atom stereocenters. The highest BCUT2D eigenvalue weighted by Gasteiger charge is 2.71. The van der Waals surface area contributed by atoms with Crippen molar-refractivity contribution in [2.45, 2.75) is 279 Å². The summed E-state index contributed by atoms with van der Waals surface area (Å²) in [4.78, 5) is 12.7. The number of carboxylic acid groups (broad SMARTS) is 1. The zero-order valence-corrected chi connectivity index (χ0v) is 51.2. The summed E-state index contributed by atoms with van der Waals surface area (Å²) < 4.78 is 61.4. The number of allylic oxidation sites excluding steroid dienone is 2. The number of aliphatic hydroxyl groups is 16. The van der Waals surface area contributed by atoms with E-state index in [1.807, 2.05) is 6.92 Å². The Morgan fingerprint density at radius 1 is 0.489 bits per heavy atom. The second kappa shape index (κ2) is 25.4. The van der Waals surface area contributed by atoms with E-state index in [1.54, 1.807) is 0 Å². The molecule has 5 saturated heterocycles. The molecule has 5 heterocycles. The maximum absolute atomic E-state index is 12.7. The van der Waals surface area contributed by atoms with Crippen molar-refractivity contribution in [1.29, 1.82) is 0 Å².